The van der Waals surface area contributed by atoms with E-state index in [0.717, 1.165) is 46.0 Å². The van der Waals surface area contributed by atoms with Crippen LogP contribution >= 0.6 is 0 Å². The highest BCUT2D eigenvalue weighted by Gasteiger charge is 2.18. The van der Waals surface area contributed by atoms with Gasteiger partial charge in [-0.1, -0.05) is 37.3 Å². The Morgan fingerprint density at radius 3 is 2.48 bits per heavy atom. The maximum Gasteiger partial charge on any atom is 0.165 e. The van der Waals surface area contributed by atoms with Crippen molar-refractivity contribution in [3.8, 4) is 11.1 Å². The lowest BCUT2D eigenvalue weighted by Gasteiger charge is -2.12. The Kier molecular flexibility index (Phi) is 3.35. The quantitative estimate of drug-likeness (QED) is 0.572. The number of hydrogen-bond donors (Lipinski definition) is 2. The van der Waals surface area contributed by atoms with E-state index in [4.69, 9.17) is 10.8 Å². The summed E-state index contributed by atoms with van der Waals surface area (Å²) in [6.45, 7) is 6.10. The molecule has 0 bridgehead atoms. The highest BCUT2D eigenvalue weighted by atomic mass is 15.4. The number of fused-ring (bicyclic) bond motifs is 1. The van der Waals surface area contributed by atoms with E-state index in [1.165, 1.54) is 0 Å². The third kappa shape index (κ3) is 2.06. The number of nitrogen functional groups attached to an aromatic ring is 1. The maximum absolute atomic E-state index is 5.72. The molecule has 3 rings (SSSR count). The number of benzene rings is 1. The molecule has 0 spiro atoms. The Balaban J connectivity index is 2.39. The molecule has 2 heterocycles. The van der Waals surface area contributed by atoms with Crippen molar-refractivity contribution in [3.05, 3.63) is 47.3 Å². The molecular formula is C16H19N5. The van der Waals surface area contributed by atoms with Crippen molar-refractivity contribution in [1.82, 2.24) is 14.6 Å². The molecule has 108 valence electrons. The van der Waals surface area contributed by atoms with Gasteiger partial charge in [-0.15, -0.1) is 0 Å². The van der Waals surface area contributed by atoms with Crippen LogP contribution in [0.15, 0.2) is 30.3 Å². The molecule has 0 amide bonds. The second-order valence-electron chi connectivity index (χ2n) is 5.08. The number of hydrazine groups is 1. The maximum atomic E-state index is 5.72. The van der Waals surface area contributed by atoms with Crippen molar-refractivity contribution in [2.24, 2.45) is 5.84 Å². The predicted octanol–water partition coefficient (Wildman–Crippen LogP) is 2.86. The summed E-state index contributed by atoms with van der Waals surface area (Å²) in [5, 5.41) is 4.62. The number of aryl methyl sites for hydroxylation is 2. The molecule has 21 heavy (non-hydrogen) atoms. The molecule has 0 aliphatic carbocycles. The molecule has 0 fully saturated rings. The van der Waals surface area contributed by atoms with Gasteiger partial charge in [-0.3, -0.25) is 0 Å². The van der Waals surface area contributed by atoms with Gasteiger partial charge < -0.3 is 5.43 Å². The van der Waals surface area contributed by atoms with E-state index in [1.807, 2.05) is 36.6 Å². The number of nitrogens with zero attached hydrogens (tertiary/aromatic N) is 3. The topological polar surface area (TPSA) is 68.2 Å². The second-order valence-corrected chi connectivity index (χ2v) is 5.08. The van der Waals surface area contributed by atoms with Gasteiger partial charge in [0.2, 0.25) is 0 Å². The lowest BCUT2D eigenvalue weighted by molar-refractivity contribution is 0.881. The Morgan fingerprint density at radius 2 is 1.86 bits per heavy atom. The van der Waals surface area contributed by atoms with Crippen LogP contribution in [0.1, 0.15) is 23.9 Å². The fraction of sp³-hybridized carbons (Fsp3) is 0.250. The van der Waals surface area contributed by atoms with Gasteiger partial charge in [0.15, 0.2) is 5.65 Å². The minimum Gasteiger partial charge on any atom is -0.308 e. The Bertz CT molecular complexity index is 790. The van der Waals surface area contributed by atoms with Crippen molar-refractivity contribution < 1.29 is 0 Å². The predicted molar refractivity (Wildman–Crippen MR) is 85.1 cm³/mol. The first-order valence-electron chi connectivity index (χ1n) is 7.08. The molecule has 0 saturated heterocycles. The van der Waals surface area contributed by atoms with Crippen LogP contribution in [-0.2, 0) is 6.42 Å². The fourth-order valence-corrected chi connectivity index (χ4v) is 2.81. The third-order valence-corrected chi connectivity index (χ3v) is 3.80. The van der Waals surface area contributed by atoms with Crippen molar-refractivity contribution >= 4 is 11.5 Å². The molecular weight excluding hydrogens is 262 g/mol. The molecule has 0 radical (unpaired) electrons. The first-order valence-corrected chi connectivity index (χ1v) is 7.08. The number of anilines is 1. The summed E-state index contributed by atoms with van der Waals surface area (Å²) in [4.78, 5) is 4.76. The molecule has 5 heteroatoms. The van der Waals surface area contributed by atoms with Crippen LogP contribution in [0, 0.1) is 13.8 Å². The first-order chi connectivity index (χ1) is 10.2. The zero-order chi connectivity index (χ0) is 15.0. The van der Waals surface area contributed by atoms with Crippen LogP contribution in [0.3, 0.4) is 0 Å². The minimum absolute atomic E-state index is 0.810. The van der Waals surface area contributed by atoms with E-state index in [2.05, 4.69) is 29.6 Å². The van der Waals surface area contributed by atoms with E-state index in [0.29, 0.717) is 0 Å². The van der Waals surface area contributed by atoms with Gasteiger partial charge in [0.1, 0.15) is 5.82 Å². The third-order valence-electron chi connectivity index (χ3n) is 3.80. The number of nitrogens with two attached hydrogens (primary N) is 1. The summed E-state index contributed by atoms with van der Waals surface area (Å²) in [6, 6.07) is 10.2. The zero-order valence-electron chi connectivity index (χ0n) is 12.5. The molecule has 0 saturated carbocycles. The molecule has 0 aliphatic heterocycles. The minimum atomic E-state index is 0.810. The van der Waals surface area contributed by atoms with Gasteiger partial charge in [0, 0.05) is 16.8 Å². The highest BCUT2D eigenvalue weighted by molar-refractivity contribution is 5.81. The average Bonchev–Trinajstić information content (AvgIpc) is 2.82. The zero-order valence-corrected chi connectivity index (χ0v) is 12.5. The number of aromatic nitrogens is 3. The van der Waals surface area contributed by atoms with Crippen LogP contribution in [0.2, 0.25) is 0 Å². The van der Waals surface area contributed by atoms with E-state index < -0.39 is 0 Å². The lowest BCUT2D eigenvalue weighted by atomic mass is 10.1. The molecule has 2 aromatic heterocycles. The summed E-state index contributed by atoms with van der Waals surface area (Å²) in [7, 11) is 0. The Labute approximate surface area is 123 Å². The van der Waals surface area contributed by atoms with Crippen LogP contribution in [-0.4, -0.2) is 14.6 Å². The number of hydrogen-bond acceptors (Lipinski definition) is 4. The summed E-state index contributed by atoms with van der Waals surface area (Å²) in [5.74, 6) is 6.53. The molecule has 1 aromatic carbocycles. The molecule has 3 N–H and O–H groups in total. The Morgan fingerprint density at radius 1 is 1.14 bits per heavy atom. The van der Waals surface area contributed by atoms with Gasteiger partial charge in [-0.2, -0.15) is 9.61 Å². The number of nitrogens with one attached hydrogen (secondary N) is 1. The fourth-order valence-electron chi connectivity index (χ4n) is 2.81. The van der Waals surface area contributed by atoms with Gasteiger partial charge >= 0.3 is 0 Å². The Hall–Kier alpha value is -2.40. The van der Waals surface area contributed by atoms with Gasteiger partial charge in [-0.05, 0) is 25.8 Å². The molecule has 0 unspecified atom stereocenters. The second kappa shape index (κ2) is 5.18. The van der Waals surface area contributed by atoms with Crippen LogP contribution in [0.25, 0.3) is 16.8 Å². The van der Waals surface area contributed by atoms with Crippen LogP contribution in [0.4, 0.5) is 5.82 Å². The van der Waals surface area contributed by atoms with Gasteiger partial charge in [-0.25, -0.2) is 10.8 Å². The summed E-state index contributed by atoms with van der Waals surface area (Å²) in [6.07, 6.45) is 0.855. The van der Waals surface area contributed by atoms with Crippen LogP contribution in [0.5, 0.6) is 0 Å². The normalized spacial score (nSPS) is 11.0. The van der Waals surface area contributed by atoms with Crippen molar-refractivity contribution in [2.75, 3.05) is 5.43 Å². The standard InChI is InChI=1S/C16H19N5/c1-4-13-10(2)18-16-14(12-8-6-5-7-9-12)11(3)20-21(16)15(13)19-17/h5-9,19H,4,17H2,1-3H3. The SMILES string of the molecule is CCc1c(C)nc2c(-c3ccccc3)c(C)nn2c1NN. The summed E-state index contributed by atoms with van der Waals surface area (Å²) in [5.41, 5.74) is 8.80. The van der Waals surface area contributed by atoms with Gasteiger partial charge in [0.05, 0.1) is 5.69 Å². The average molecular weight is 281 g/mol. The van der Waals surface area contributed by atoms with Crippen molar-refractivity contribution in [2.45, 2.75) is 27.2 Å². The first kappa shape index (κ1) is 13.6. The molecule has 0 atom stereocenters. The summed E-state index contributed by atoms with van der Waals surface area (Å²) >= 11 is 0. The molecule has 5 nitrogen and oxygen atoms in total. The number of rotatable bonds is 3. The van der Waals surface area contributed by atoms with Gasteiger partial charge in [0.25, 0.3) is 0 Å². The van der Waals surface area contributed by atoms with Crippen LogP contribution < -0.4 is 11.3 Å². The van der Waals surface area contributed by atoms with Crippen molar-refractivity contribution in [1.29, 1.82) is 0 Å². The monoisotopic (exact) mass is 281 g/mol. The summed E-state index contributed by atoms with van der Waals surface area (Å²) < 4.78 is 1.81. The lowest BCUT2D eigenvalue weighted by Crippen LogP contribution is -2.16. The smallest absolute Gasteiger partial charge is 0.165 e. The molecule has 3 aromatic rings. The molecule has 0 aliphatic rings. The van der Waals surface area contributed by atoms with E-state index >= 15 is 0 Å². The van der Waals surface area contributed by atoms with E-state index in [9.17, 15) is 0 Å². The van der Waals surface area contributed by atoms with E-state index in [-0.39, 0.29) is 0 Å². The van der Waals surface area contributed by atoms with Crippen molar-refractivity contribution in [3.63, 3.8) is 0 Å². The van der Waals surface area contributed by atoms with E-state index in [1.54, 1.807) is 0 Å². The highest BCUT2D eigenvalue weighted by Crippen LogP contribution is 2.30. The largest absolute Gasteiger partial charge is 0.308 e.